The number of fused-ring (bicyclic) bond motifs is 1. The molecule has 214 valence electrons. The minimum absolute atomic E-state index is 0.203. The van der Waals surface area contributed by atoms with Crippen molar-refractivity contribution in [2.45, 2.75) is 44.5 Å². The fourth-order valence-electron chi connectivity index (χ4n) is 5.08. The number of methoxy groups -OCH3 is 1. The quantitative estimate of drug-likeness (QED) is 0.231. The van der Waals surface area contributed by atoms with Gasteiger partial charge in [0.15, 0.2) is 0 Å². The molecule has 1 aliphatic heterocycles. The smallest absolute Gasteiger partial charge is 0.416 e. The maximum absolute atomic E-state index is 13.2. The van der Waals surface area contributed by atoms with E-state index in [9.17, 15) is 13.2 Å². The molecule has 0 spiro atoms. The highest BCUT2D eigenvalue weighted by atomic mass is 35.5. The molecule has 2 aromatic carbocycles. The molecule has 0 saturated heterocycles. The van der Waals surface area contributed by atoms with Gasteiger partial charge in [-0.1, -0.05) is 23.7 Å². The summed E-state index contributed by atoms with van der Waals surface area (Å²) in [6.45, 7) is 2.73. The molecule has 2 aromatic heterocycles. The number of ether oxygens (including phenoxy) is 2. The number of aromatic nitrogens is 4. The summed E-state index contributed by atoms with van der Waals surface area (Å²) in [4.78, 5) is 13.7. The van der Waals surface area contributed by atoms with Crippen molar-refractivity contribution in [3.8, 4) is 11.4 Å². The van der Waals surface area contributed by atoms with Gasteiger partial charge in [-0.05, 0) is 55.5 Å². The maximum atomic E-state index is 13.2. The van der Waals surface area contributed by atoms with Gasteiger partial charge in [0.25, 0.3) is 0 Å². The lowest BCUT2D eigenvalue weighted by molar-refractivity contribution is -0.137. The van der Waals surface area contributed by atoms with Crippen molar-refractivity contribution in [1.29, 1.82) is 0 Å². The minimum atomic E-state index is -4.41. The predicted molar refractivity (Wildman–Crippen MR) is 149 cm³/mol. The molecule has 3 heterocycles. The SMILES string of the molecule is COc1cc(Nc2nc(N[C@H](C)C3CC3)c3c(n2)C(c2ccc(C(F)(F)F)cc2)COC3)ccc1-n1cnc(Cl)c1. The molecule has 1 saturated carbocycles. The van der Waals surface area contributed by atoms with Gasteiger partial charge >= 0.3 is 6.18 Å². The Balaban J connectivity index is 1.36. The molecule has 6 rings (SSSR count). The molecule has 0 amide bonds. The molecule has 8 nitrogen and oxygen atoms in total. The summed E-state index contributed by atoms with van der Waals surface area (Å²) in [5, 5.41) is 7.20. The summed E-state index contributed by atoms with van der Waals surface area (Å²) in [5.74, 6) is 1.81. The lowest BCUT2D eigenvalue weighted by Crippen LogP contribution is -2.26. The molecular weight excluding hydrogens is 557 g/mol. The zero-order valence-electron chi connectivity index (χ0n) is 22.4. The first-order chi connectivity index (χ1) is 19.7. The third kappa shape index (κ3) is 5.82. The Bertz CT molecular complexity index is 1560. The number of hydrogen-bond donors (Lipinski definition) is 2. The van der Waals surface area contributed by atoms with Gasteiger partial charge in [0.2, 0.25) is 5.95 Å². The Morgan fingerprint density at radius 1 is 1.12 bits per heavy atom. The highest BCUT2D eigenvalue weighted by molar-refractivity contribution is 6.29. The van der Waals surface area contributed by atoms with Crippen LogP contribution < -0.4 is 15.4 Å². The van der Waals surface area contributed by atoms with Crippen LogP contribution in [0.25, 0.3) is 5.69 Å². The van der Waals surface area contributed by atoms with Crippen molar-refractivity contribution < 1.29 is 22.6 Å². The topological polar surface area (TPSA) is 86.1 Å². The number of rotatable bonds is 8. The average molecular weight is 585 g/mol. The van der Waals surface area contributed by atoms with Crippen molar-refractivity contribution in [2.75, 3.05) is 24.4 Å². The highest BCUT2D eigenvalue weighted by Crippen LogP contribution is 2.39. The lowest BCUT2D eigenvalue weighted by Gasteiger charge is -2.28. The Hall–Kier alpha value is -3.83. The monoisotopic (exact) mass is 584 g/mol. The molecule has 1 aliphatic carbocycles. The van der Waals surface area contributed by atoms with Crippen molar-refractivity contribution in [1.82, 2.24) is 19.5 Å². The number of hydrogen-bond acceptors (Lipinski definition) is 7. The van der Waals surface area contributed by atoms with Crippen LogP contribution in [-0.4, -0.2) is 39.3 Å². The van der Waals surface area contributed by atoms with E-state index in [4.69, 9.17) is 31.0 Å². The van der Waals surface area contributed by atoms with Crippen LogP contribution in [0.4, 0.5) is 30.6 Å². The molecule has 2 N–H and O–H groups in total. The number of alkyl halides is 3. The molecule has 12 heteroatoms. The van der Waals surface area contributed by atoms with Gasteiger partial charge in [0, 0.05) is 29.6 Å². The largest absolute Gasteiger partial charge is 0.494 e. The van der Waals surface area contributed by atoms with Crippen LogP contribution in [0.15, 0.2) is 55.0 Å². The van der Waals surface area contributed by atoms with Gasteiger partial charge in [-0.15, -0.1) is 0 Å². The van der Waals surface area contributed by atoms with Crippen LogP contribution in [0, 0.1) is 5.92 Å². The second kappa shape index (κ2) is 10.9. The van der Waals surface area contributed by atoms with Gasteiger partial charge in [-0.25, -0.2) is 9.97 Å². The van der Waals surface area contributed by atoms with E-state index in [1.165, 1.54) is 12.1 Å². The zero-order valence-corrected chi connectivity index (χ0v) is 23.1. The molecule has 2 aliphatic rings. The molecule has 0 bridgehead atoms. The molecule has 2 atom stereocenters. The second-order valence-corrected chi connectivity index (χ2v) is 10.7. The van der Waals surface area contributed by atoms with Crippen molar-refractivity contribution in [2.24, 2.45) is 5.92 Å². The fraction of sp³-hybridized carbons (Fsp3) is 0.345. The molecule has 1 fully saturated rings. The van der Waals surface area contributed by atoms with Crippen LogP contribution in [0.1, 0.15) is 48.1 Å². The van der Waals surface area contributed by atoms with Crippen molar-refractivity contribution in [3.63, 3.8) is 0 Å². The van der Waals surface area contributed by atoms with E-state index in [1.807, 2.05) is 18.2 Å². The number of halogens is 4. The van der Waals surface area contributed by atoms with Gasteiger partial charge in [0.05, 0.1) is 43.2 Å². The van der Waals surface area contributed by atoms with Gasteiger partial charge < -0.3 is 24.7 Å². The molecule has 0 radical (unpaired) electrons. The normalized spacial score (nSPS) is 17.6. The maximum Gasteiger partial charge on any atom is 0.416 e. The van der Waals surface area contributed by atoms with Gasteiger partial charge in [0.1, 0.15) is 23.0 Å². The first kappa shape index (κ1) is 27.3. The standard InChI is InChI=1S/C29H28ClF3N6O2/c1-16(17-3-4-17)35-27-22-14-41-13-21(18-5-7-19(8-6-18)29(31,32)33)26(22)37-28(38-27)36-20-9-10-23(24(11-20)40-2)39-12-25(30)34-15-39/h5-12,15-17,21H,3-4,13-14H2,1-2H3,(H2,35,36,37,38)/t16-,21?/m1/s1. The number of nitrogens with one attached hydrogen (secondary N) is 2. The van der Waals surface area contributed by atoms with E-state index in [-0.39, 0.29) is 12.0 Å². The first-order valence-electron chi connectivity index (χ1n) is 13.3. The highest BCUT2D eigenvalue weighted by Gasteiger charge is 2.33. The Morgan fingerprint density at radius 2 is 1.90 bits per heavy atom. The van der Waals surface area contributed by atoms with Crippen LogP contribution in [0.3, 0.4) is 0 Å². The van der Waals surface area contributed by atoms with Crippen LogP contribution in [-0.2, 0) is 17.5 Å². The molecule has 41 heavy (non-hydrogen) atoms. The molecule has 1 unspecified atom stereocenters. The zero-order chi connectivity index (χ0) is 28.7. The van der Waals surface area contributed by atoms with Crippen molar-refractivity contribution >= 4 is 29.1 Å². The summed E-state index contributed by atoms with van der Waals surface area (Å²) >= 11 is 5.99. The van der Waals surface area contributed by atoms with Gasteiger partial charge in [-0.3, -0.25) is 0 Å². The van der Waals surface area contributed by atoms with Gasteiger partial charge in [-0.2, -0.15) is 18.2 Å². The Kier molecular flexibility index (Phi) is 7.25. The molecular formula is C29H28ClF3N6O2. The Labute approximate surface area is 239 Å². The number of nitrogens with zero attached hydrogens (tertiary/aromatic N) is 4. The predicted octanol–water partition coefficient (Wildman–Crippen LogP) is 6.96. The van der Waals surface area contributed by atoms with E-state index in [2.05, 4.69) is 22.5 Å². The third-order valence-corrected chi connectivity index (χ3v) is 7.69. The summed E-state index contributed by atoms with van der Waals surface area (Å²) in [6.07, 6.45) is 1.19. The fourth-order valence-corrected chi connectivity index (χ4v) is 5.23. The lowest BCUT2D eigenvalue weighted by atomic mass is 9.91. The van der Waals surface area contributed by atoms with Crippen LogP contribution in [0.2, 0.25) is 5.15 Å². The van der Waals surface area contributed by atoms with E-state index in [0.29, 0.717) is 53.1 Å². The second-order valence-electron chi connectivity index (χ2n) is 10.3. The van der Waals surface area contributed by atoms with Crippen molar-refractivity contribution in [3.05, 3.63) is 82.5 Å². The number of benzene rings is 2. The average Bonchev–Trinajstić information content (AvgIpc) is 3.73. The van der Waals surface area contributed by atoms with E-state index >= 15 is 0 Å². The van der Waals surface area contributed by atoms with Crippen LogP contribution >= 0.6 is 11.6 Å². The number of imidazole rings is 1. The molecule has 4 aromatic rings. The van der Waals surface area contributed by atoms with Crippen LogP contribution in [0.5, 0.6) is 5.75 Å². The summed E-state index contributed by atoms with van der Waals surface area (Å²) in [6, 6.07) is 10.9. The summed E-state index contributed by atoms with van der Waals surface area (Å²) in [7, 11) is 1.58. The summed E-state index contributed by atoms with van der Waals surface area (Å²) in [5.41, 5.74) is 2.97. The Morgan fingerprint density at radius 3 is 2.56 bits per heavy atom. The van der Waals surface area contributed by atoms with E-state index in [1.54, 1.807) is 24.2 Å². The summed E-state index contributed by atoms with van der Waals surface area (Å²) < 4.78 is 52.9. The third-order valence-electron chi connectivity index (χ3n) is 7.50. The van der Waals surface area contributed by atoms with E-state index in [0.717, 1.165) is 41.9 Å². The number of anilines is 3. The first-order valence-corrected chi connectivity index (χ1v) is 13.6. The van der Waals surface area contributed by atoms with E-state index < -0.39 is 11.7 Å². The minimum Gasteiger partial charge on any atom is -0.494 e.